The van der Waals surface area contributed by atoms with Gasteiger partial charge in [0.25, 0.3) is 0 Å². The number of aromatic nitrogens is 3. The molecule has 4 heteroatoms. The lowest BCUT2D eigenvalue weighted by Crippen LogP contribution is -2.43. The molecule has 14 heavy (non-hydrogen) atoms. The molecule has 0 amide bonds. The molecule has 74 valence electrons. The quantitative estimate of drug-likeness (QED) is 0.703. The molecule has 1 fully saturated rings. The molecular formula is C10H14N4. The van der Waals surface area contributed by atoms with Crippen LogP contribution in [0.3, 0.4) is 0 Å². The lowest BCUT2D eigenvalue weighted by molar-refractivity contribution is 0.330. The van der Waals surface area contributed by atoms with E-state index in [0.29, 0.717) is 12.0 Å². The van der Waals surface area contributed by atoms with E-state index in [-0.39, 0.29) is 0 Å². The third-order valence-corrected chi connectivity index (χ3v) is 3.13. The van der Waals surface area contributed by atoms with E-state index < -0.39 is 0 Å². The van der Waals surface area contributed by atoms with Gasteiger partial charge in [0.15, 0.2) is 0 Å². The number of hydrogen-bond donors (Lipinski definition) is 1. The monoisotopic (exact) mass is 190 g/mol. The average molecular weight is 190 g/mol. The van der Waals surface area contributed by atoms with Crippen molar-refractivity contribution in [3.63, 3.8) is 0 Å². The highest BCUT2D eigenvalue weighted by molar-refractivity contribution is 5.10. The van der Waals surface area contributed by atoms with Crippen LogP contribution < -0.4 is 5.32 Å². The van der Waals surface area contributed by atoms with Crippen molar-refractivity contribution in [1.82, 2.24) is 20.1 Å². The van der Waals surface area contributed by atoms with Gasteiger partial charge in [-0.15, -0.1) is 10.2 Å². The van der Waals surface area contributed by atoms with E-state index in [2.05, 4.69) is 32.2 Å². The summed E-state index contributed by atoms with van der Waals surface area (Å²) in [7, 11) is 0. The topological polar surface area (TPSA) is 42.7 Å². The molecule has 1 N–H and O–H groups in total. The van der Waals surface area contributed by atoms with Gasteiger partial charge in [-0.05, 0) is 12.8 Å². The number of nitrogens with zero attached hydrogens (tertiary/aromatic N) is 3. The Hall–Kier alpha value is -1.16. The second kappa shape index (κ2) is 3.20. The molecule has 2 heterocycles. The molecular weight excluding hydrogens is 176 g/mol. The molecule has 0 bridgehead atoms. The number of allylic oxidation sites excluding steroid dienone is 2. The highest BCUT2D eigenvalue weighted by atomic mass is 15.3. The minimum absolute atomic E-state index is 0.568. The Kier molecular flexibility index (Phi) is 1.87. The van der Waals surface area contributed by atoms with Crippen LogP contribution in [0.1, 0.15) is 30.6 Å². The summed E-state index contributed by atoms with van der Waals surface area (Å²) >= 11 is 0. The van der Waals surface area contributed by atoms with Crippen LogP contribution in [-0.4, -0.2) is 27.9 Å². The maximum absolute atomic E-state index is 4.25. The summed E-state index contributed by atoms with van der Waals surface area (Å²) in [6, 6.07) is 0.584. The third kappa shape index (κ3) is 1.18. The zero-order valence-corrected chi connectivity index (χ0v) is 8.06. The lowest BCUT2D eigenvalue weighted by atomic mass is 10.1. The molecule has 0 unspecified atom stereocenters. The fraction of sp³-hybridized carbons (Fsp3) is 0.600. The summed E-state index contributed by atoms with van der Waals surface area (Å²) in [6.07, 6.45) is 8.60. The summed E-state index contributed by atoms with van der Waals surface area (Å²) in [6.45, 7) is 2.12. The largest absolute Gasteiger partial charge is 0.313 e. The van der Waals surface area contributed by atoms with Crippen LogP contribution in [-0.2, 0) is 0 Å². The summed E-state index contributed by atoms with van der Waals surface area (Å²) in [5, 5.41) is 11.5. The van der Waals surface area contributed by atoms with Crippen molar-refractivity contribution in [2.24, 2.45) is 0 Å². The smallest absolute Gasteiger partial charge is 0.136 e. The Morgan fingerprint density at radius 1 is 1.29 bits per heavy atom. The fourth-order valence-corrected chi connectivity index (χ4v) is 2.12. The van der Waals surface area contributed by atoms with Gasteiger partial charge in [-0.1, -0.05) is 12.2 Å². The number of nitrogens with one attached hydrogen (secondary N) is 1. The molecule has 0 aromatic carbocycles. The molecule has 0 atom stereocenters. The highest BCUT2D eigenvalue weighted by Crippen LogP contribution is 2.29. The van der Waals surface area contributed by atoms with Crippen LogP contribution in [0.15, 0.2) is 18.5 Å². The first-order valence-corrected chi connectivity index (χ1v) is 5.20. The van der Waals surface area contributed by atoms with Crippen LogP contribution >= 0.6 is 0 Å². The van der Waals surface area contributed by atoms with Crippen molar-refractivity contribution in [1.29, 1.82) is 0 Å². The molecule has 3 rings (SSSR count). The van der Waals surface area contributed by atoms with Crippen molar-refractivity contribution >= 4 is 0 Å². The minimum Gasteiger partial charge on any atom is -0.313 e. The Morgan fingerprint density at radius 3 is 2.71 bits per heavy atom. The normalized spacial score (nSPS) is 22.9. The first kappa shape index (κ1) is 8.17. The molecule has 0 saturated carbocycles. The van der Waals surface area contributed by atoms with E-state index in [4.69, 9.17) is 0 Å². The summed E-state index contributed by atoms with van der Waals surface area (Å²) in [5.74, 6) is 1.74. The lowest BCUT2D eigenvalue weighted by Gasteiger charge is -2.30. The molecule has 1 aliphatic carbocycles. The Balaban J connectivity index is 1.85. The maximum Gasteiger partial charge on any atom is 0.136 e. The van der Waals surface area contributed by atoms with Crippen molar-refractivity contribution in [3.8, 4) is 0 Å². The molecule has 2 aliphatic rings. The standard InChI is InChI=1S/C10H14N4/c1-2-4-8(3-1)10-13-12-7-14(10)9-5-11-6-9/h1-2,7-9,11H,3-6H2. The van der Waals surface area contributed by atoms with E-state index in [1.807, 2.05) is 6.33 Å². The van der Waals surface area contributed by atoms with Gasteiger partial charge >= 0.3 is 0 Å². The fourth-order valence-electron chi connectivity index (χ4n) is 2.12. The van der Waals surface area contributed by atoms with E-state index in [1.54, 1.807) is 0 Å². The minimum atomic E-state index is 0.568. The Bertz CT molecular complexity index is 343. The Morgan fingerprint density at radius 2 is 2.07 bits per heavy atom. The Labute approximate surface area is 83.0 Å². The van der Waals surface area contributed by atoms with Gasteiger partial charge in [0, 0.05) is 19.0 Å². The maximum atomic E-state index is 4.25. The van der Waals surface area contributed by atoms with Crippen molar-refractivity contribution in [3.05, 3.63) is 24.3 Å². The first-order valence-electron chi connectivity index (χ1n) is 5.20. The van der Waals surface area contributed by atoms with Crippen molar-refractivity contribution in [2.45, 2.75) is 24.8 Å². The number of hydrogen-bond acceptors (Lipinski definition) is 3. The number of rotatable bonds is 2. The summed E-state index contributed by atoms with van der Waals surface area (Å²) in [4.78, 5) is 0. The second-order valence-electron chi connectivity index (χ2n) is 4.05. The zero-order chi connectivity index (χ0) is 9.38. The van der Waals surface area contributed by atoms with E-state index >= 15 is 0 Å². The zero-order valence-electron chi connectivity index (χ0n) is 8.06. The van der Waals surface area contributed by atoms with Gasteiger partial charge in [-0.2, -0.15) is 0 Å². The summed E-state index contributed by atoms with van der Waals surface area (Å²) < 4.78 is 2.24. The molecule has 1 aromatic heterocycles. The molecule has 0 spiro atoms. The molecule has 1 saturated heterocycles. The van der Waals surface area contributed by atoms with Crippen molar-refractivity contribution in [2.75, 3.05) is 13.1 Å². The van der Waals surface area contributed by atoms with E-state index in [9.17, 15) is 0 Å². The SMILES string of the molecule is C1=CCC(c2nncn2C2CNC2)C1. The predicted molar refractivity (Wildman–Crippen MR) is 53.0 cm³/mol. The molecule has 1 aliphatic heterocycles. The third-order valence-electron chi connectivity index (χ3n) is 3.13. The van der Waals surface area contributed by atoms with E-state index in [0.717, 1.165) is 25.9 Å². The highest BCUT2D eigenvalue weighted by Gasteiger charge is 2.25. The van der Waals surface area contributed by atoms with Crippen LogP contribution in [0.4, 0.5) is 0 Å². The van der Waals surface area contributed by atoms with Crippen LogP contribution in [0.5, 0.6) is 0 Å². The van der Waals surface area contributed by atoms with Gasteiger partial charge in [0.1, 0.15) is 12.2 Å². The van der Waals surface area contributed by atoms with Gasteiger partial charge in [0.05, 0.1) is 6.04 Å². The van der Waals surface area contributed by atoms with Crippen LogP contribution in [0, 0.1) is 0 Å². The predicted octanol–water partition coefficient (Wildman–Crippen LogP) is 0.856. The van der Waals surface area contributed by atoms with Crippen LogP contribution in [0.25, 0.3) is 0 Å². The first-order chi connectivity index (χ1) is 6.95. The molecule has 0 radical (unpaired) electrons. The van der Waals surface area contributed by atoms with Gasteiger partial charge in [-0.25, -0.2) is 0 Å². The summed E-state index contributed by atoms with van der Waals surface area (Å²) in [5.41, 5.74) is 0. The van der Waals surface area contributed by atoms with Crippen LogP contribution in [0.2, 0.25) is 0 Å². The molecule has 4 nitrogen and oxygen atoms in total. The van der Waals surface area contributed by atoms with Gasteiger partial charge in [-0.3, -0.25) is 0 Å². The van der Waals surface area contributed by atoms with Gasteiger partial charge in [0.2, 0.25) is 0 Å². The molecule has 1 aromatic rings. The van der Waals surface area contributed by atoms with E-state index in [1.165, 1.54) is 5.82 Å². The van der Waals surface area contributed by atoms with Crippen molar-refractivity contribution < 1.29 is 0 Å². The average Bonchev–Trinajstić information content (AvgIpc) is 2.66. The second-order valence-corrected chi connectivity index (χ2v) is 4.05. The van der Waals surface area contributed by atoms with Gasteiger partial charge < -0.3 is 9.88 Å².